The van der Waals surface area contributed by atoms with E-state index in [1.807, 2.05) is 31.3 Å². The van der Waals surface area contributed by atoms with E-state index in [9.17, 15) is 9.90 Å². The Bertz CT molecular complexity index is 837. The molecule has 0 saturated carbocycles. The number of nitrogens with zero attached hydrogens (tertiary/aromatic N) is 3. The van der Waals surface area contributed by atoms with Gasteiger partial charge in [-0.2, -0.15) is 5.32 Å². The Morgan fingerprint density at radius 1 is 1.29 bits per heavy atom. The zero-order valence-electron chi connectivity index (χ0n) is 11.7. The lowest BCUT2D eigenvalue weighted by atomic mass is 10.1. The number of benzene rings is 1. The van der Waals surface area contributed by atoms with Crippen LogP contribution in [0.5, 0.6) is 5.75 Å². The Kier molecular flexibility index (Phi) is 3.10. The number of aromatic hydroxyl groups is 1. The minimum atomic E-state index is -0.292. The first-order chi connectivity index (χ1) is 10.0. The fourth-order valence-electron chi connectivity index (χ4n) is 2.24. The lowest BCUT2D eigenvalue weighted by Gasteiger charge is -2.04. The molecule has 1 amide bonds. The molecule has 0 aliphatic carbocycles. The summed E-state index contributed by atoms with van der Waals surface area (Å²) in [4.78, 5) is 16.0. The quantitative estimate of drug-likeness (QED) is 0.784. The molecule has 0 unspecified atom stereocenters. The summed E-state index contributed by atoms with van der Waals surface area (Å²) >= 11 is 0. The third kappa shape index (κ3) is 2.45. The first-order valence-electron chi connectivity index (χ1n) is 6.55. The van der Waals surface area contributed by atoms with Crippen molar-refractivity contribution in [3.05, 3.63) is 48.2 Å². The predicted molar refractivity (Wildman–Crippen MR) is 79.5 cm³/mol. The highest BCUT2D eigenvalue weighted by molar-refractivity contribution is 5.84. The number of phenols is 1. The summed E-state index contributed by atoms with van der Waals surface area (Å²) < 4.78 is 1.79. The molecule has 0 bridgehead atoms. The van der Waals surface area contributed by atoms with Crippen LogP contribution in [0.15, 0.2) is 42.6 Å². The lowest BCUT2D eigenvalue weighted by Crippen LogP contribution is -2.07. The summed E-state index contributed by atoms with van der Waals surface area (Å²) in [6, 6.07) is 10.6. The predicted octanol–water partition coefficient (Wildman–Crippen LogP) is 2.80. The first kappa shape index (κ1) is 13.2. The van der Waals surface area contributed by atoms with Crippen molar-refractivity contribution in [1.29, 1.82) is 0 Å². The molecule has 0 atom stereocenters. The minimum absolute atomic E-state index is 0.148. The van der Waals surface area contributed by atoms with Crippen LogP contribution in [0.4, 0.5) is 5.82 Å². The van der Waals surface area contributed by atoms with Gasteiger partial charge in [0.25, 0.3) is 0 Å². The lowest BCUT2D eigenvalue weighted by molar-refractivity contribution is -0.118. The number of fused-ring (bicyclic) bond motifs is 1. The van der Waals surface area contributed by atoms with E-state index in [0.29, 0.717) is 17.2 Å². The zero-order chi connectivity index (χ0) is 15.0. The second kappa shape index (κ2) is 4.94. The van der Waals surface area contributed by atoms with Crippen molar-refractivity contribution >= 4 is 17.4 Å². The van der Waals surface area contributed by atoms with Crippen molar-refractivity contribution in [1.82, 2.24) is 14.7 Å². The van der Waals surface area contributed by atoms with Crippen molar-refractivity contribution in [3.8, 4) is 17.0 Å². The van der Waals surface area contributed by atoms with Crippen molar-refractivity contribution in [2.24, 2.45) is 0 Å². The van der Waals surface area contributed by atoms with Crippen molar-refractivity contribution in [2.45, 2.75) is 13.8 Å². The van der Waals surface area contributed by atoms with Gasteiger partial charge >= 0.3 is 0 Å². The second-order valence-corrected chi connectivity index (χ2v) is 4.90. The number of rotatable bonds is 2. The molecule has 3 rings (SSSR count). The minimum Gasteiger partial charge on any atom is -0.508 e. The Labute approximate surface area is 121 Å². The average molecular weight is 280 g/mol. The van der Waals surface area contributed by atoms with Crippen LogP contribution in [0.2, 0.25) is 0 Å². The number of hydrogen-bond donors (Lipinski definition) is 1. The van der Waals surface area contributed by atoms with Crippen LogP contribution in [0.3, 0.4) is 0 Å². The van der Waals surface area contributed by atoms with Crippen LogP contribution < -0.4 is 5.32 Å². The summed E-state index contributed by atoms with van der Waals surface area (Å²) in [5.41, 5.74) is 3.05. The van der Waals surface area contributed by atoms with Crippen LogP contribution in [-0.2, 0) is 4.79 Å². The molecule has 5 nitrogen and oxygen atoms in total. The van der Waals surface area contributed by atoms with E-state index in [0.717, 1.165) is 11.1 Å². The first-order valence-corrected chi connectivity index (χ1v) is 6.55. The molecule has 2 heterocycles. The van der Waals surface area contributed by atoms with E-state index in [4.69, 9.17) is 0 Å². The molecule has 105 valence electrons. The van der Waals surface area contributed by atoms with Gasteiger partial charge in [0.1, 0.15) is 17.1 Å². The smallest absolute Gasteiger partial charge is 0.244 e. The van der Waals surface area contributed by atoms with Gasteiger partial charge in [0.05, 0.1) is 0 Å². The van der Waals surface area contributed by atoms with Crippen molar-refractivity contribution in [2.75, 3.05) is 0 Å². The van der Waals surface area contributed by atoms with Gasteiger partial charge in [0.15, 0.2) is 5.82 Å². The fraction of sp³-hybridized carbons (Fsp3) is 0.125. The molecule has 0 aliphatic heterocycles. The average Bonchev–Trinajstić information content (AvgIpc) is 2.76. The zero-order valence-corrected chi connectivity index (χ0v) is 11.7. The summed E-state index contributed by atoms with van der Waals surface area (Å²) in [6.07, 6.45) is 1.89. The van der Waals surface area contributed by atoms with Gasteiger partial charge in [-0.05, 0) is 30.7 Å². The van der Waals surface area contributed by atoms with Gasteiger partial charge in [-0.15, -0.1) is 0 Å². The van der Waals surface area contributed by atoms with Gasteiger partial charge in [-0.1, -0.05) is 18.2 Å². The Morgan fingerprint density at radius 3 is 2.81 bits per heavy atom. The molecule has 0 fully saturated rings. The molecule has 1 aromatic carbocycles. The van der Waals surface area contributed by atoms with Gasteiger partial charge in [0, 0.05) is 18.7 Å². The number of hydrogen-bond acceptors (Lipinski definition) is 3. The standard InChI is InChI=1S/C16H14N3O2/c1-10-6-7-14-18-15(12-4-3-5-13(21)8-12)16(17-11(2)20)19(14)9-10/h3-9,21H,1-2H3. The molecule has 0 aliphatic rings. The van der Waals surface area contributed by atoms with Crippen LogP contribution >= 0.6 is 0 Å². The maximum Gasteiger partial charge on any atom is 0.244 e. The summed E-state index contributed by atoms with van der Waals surface area (Å²) in [6.45, 7) is 3.37. The molecular weight excluding hydrogens is 266 g/mol. The fourth-order valence-corrected chi connectivity index (χ4v) is 2.24. The number of phenolic OH excluding ortho intramolecular Hbond substituents is 1. The van der Waals surface area contributed by atoms with Crippen LogP contribution in [0.1, 0.15) is 12.5 Å². The number of aromatic nitrogens is 2. The van der Waals surface area contributed by atoms with Crippen molar-refractivity contribution < 1.29 is 9.90 Å². The normalized spacial score (nSPS) is 10.8. The summed E-state index contributed by atoms with van der Waals surface area (Å²) in [5, 5.41) is 13.7. The Hall–Kier alpha value is -2.82. The highest BCUT2D eigenvalue weighted by Gasteiger charge is 2.17. The maximum absolute atomic E-state index is 11.4. The third-order valence-corrected chi connectivity index (χ3v) is 3.12. The molecule has 5 heteroatoms. The van der Waals surface area contributed by atoms with Gasteiger partial charge in [0.2, 0.25) is 5.91 Å². The molecule has 0 spiro atoms. The SMILES string of the molecule is CC(=O)[N]c1c(-c2cccc(O)c2)nc2ccc(C)cn12. The van der Waals surface area contributed by atoms with Gasteiger partial charge < -0.3 is 5.11 Å². The molecule has 0 saturated heterocycles. The third-order valence-electron chi connectivity index (χ3n) is 3.12. The van der Waals surface area contributed by atoms with Crippen molar-refractivity contribution in [3.63, 3.8) is 0 Å². The largest absolute Gasteiger partial charge is 0.508 e. The van der Waals surface area contributed by atoms with Crippen LogP contribution in [-0.4, -0.2) is 20.4 Å². The van der Waals surface area contributed by atoms with E-state index in [2.05, 4.69) is 10.3 Å². The topological polar surface area (TPSA) is 68.7 Å². The van der Waals surface area contributed by atoms with E-state index in [1.54, 1.807) is 22.6 Å². The molecule has 3 aromatic rings. The number of carbonyl (C=O) groups is 1. The number of imidazole rings is 1. The van der Waals surface area contributed by atoms with E-state index in [-0.39, 0.29) is 11.7 Å². The number of carbonyl (C=O) groups excluding carboxylic acids is 1. The second-order valence-electron chi connectivity index (χ2n) is 4.90. The highest BCUT2D eigenvalue weighted by atomic mass is 16.3. The summed E-state index contributed by atoms with van der Waals surface area (Å²) in [7, 11) is 0. The number of aryl methyl sites for hydroxylation is 1. The Morgan fingerprint density at radius 2 is 2.10 bits per heavy atom. The molecule has 1 radical (unpaired) electrons. The van der Waals surface area contributed by atoms with Crippen LogP contribution in [0, 0.1) is 6.92 Å². The number of pyridine rings is 1. The molecule has 1 N–H and O–H groups in total. The Balaban J connectivity index is 2.28. The van der Waals surface area contributed by atoms with Gasteiger partial charge in [-0.3, -0.25) is 9.20 Å². The molecular formula is C16H14N3O2. The van der Waals surface area contributed by atoms with E-state index < -0.39 is 0 Å². The number of amides is 1. The highest BCUT2D eigenvalue weighted by Crippen LogP contribution is 2.30. The van der Waals surface area contributed by atoms with E-state index >= 15 is 0 Å². The molecule has 2 aromatic heterocycles. The monoisotopic (exact) mass is 280 g/mol. The molecule has 21 heavy (non-hydrogen) atoms. The summed E-state index contributed by atoms with van der Waals surface area (Å²) in [5.74, 6) is 0.334. The van der Waals surface area contributed by atoms with E-state index in [1.165, 1.54) is 6.92 Å². The maximum atomic E-state index is 11.4. The van der Waals surface area contributed by atoms with Gasteiger partial charge in [-0.25, -0.2) is 4.98 Å². The van der Waals surface area contributed by atoms with Crippen LogP contribution in [0.25, 0.3) is 16.9 Å².